The molecule has 8 nitrogen and oxygen atoms in total. The maximum Gasteiger partial charge on any atom is 0.191 e. The fourth-order valence-electron chi connectivity index (χ4n) is 3.26. The van der Waals surface area contributed by atoms with Crippen LogP contribution < -0.4 is 10.6 Å². The average Bonchev–Trinajstić information content (AvgIpc) is 2.99. The van der Waals surface area contributed by atoms with Crippen molar-refractivity contribution in [1.29, 1.82) is 0 Å². The molecule has 1 aromatic heterocycles. The van der Waals surface area contributed by atoms with Crippen LogP contribution >= 0.6 is 24.0 Å². The molecule has 0 aromatic carbocycles. The Kier molecular flexibility index (Phi) is 11.4. The van der Waals surface area contributed by atoms with Gasteiger partial charge in [0.05, 0.1) is 6.10 Å². The zero-order valence-electron chi connectivity index (χ0n) is 18.8. The van der Waals surface area contributed by atoms with Gasteiger partial charge in [0.1, 0.15) is 12.4 Å². The van der Waals surface area contributed by atoms with Gasteiger partial charge in [0, 0.05) is 45.4 Å². The zero-order chi connectivity index (χ0) is 20.6. The summed E-state index contributed by atoms with van der Waals surface area (Å²) in [7, 11) is 3.69. The number of nitrogens with one attached hydrogen (secondary N) is 2. The highest BCUT2D eigenvalue weighted by Crippen LogP contribution is 2.42. The van der Waals surface area contributed by atoms with E-state index in [2.05, 4.69) is 41.6 Å². The molecule has 0 aliphatic heterocycles. The smallest absolute Gasteiger partial charge is 0.191 e. The maximum absolute atomic E-state index is 6.07. The monoisotopic (exact) mass is 522 g/mol. The van der Waals surface area contributed by atoms with Gasteiger partial charge in [-0.1, -0.05) is 27.2 Å². The molecular weight excluding hydrogens is 483 g/mol. The predicted molar refractivity (Wildman–Crippen MR) is 127 cm³/mol. The van der Waals surface area contributed by atoms with Crippen molar-refractivity contribution in [2.45, 2.75) is 72.1 Å². The van der Waals surface area contributed by atoms with Gasteiger partial charge in [-0.3, -0.25) is 0 Å². The number of aryl methyl sites for hydroxylation is 1. The van der Waals surface area contributed by atoms with Gasteiger partial charge in [0.15, 0.2) is 11.8 Å². The molecule has 0 radical (unpaired) electrons. The number of aliphatic imine (C=N–C) groups is 1. The molecule has 0 spiro atoms. The molecule has 9 heteroatoms. The van der Waals surface area contributed by atoms with Gasteiger partial charge < -0.3 is 24.7 Å². The number of rotatable bonds is 11. The van der Waals surface area contributed by atoms with Crippen LogP contribution in [0.25, 0.3) is 0 Å². The van der Waals surface area contributed by atoms with Crippen molar-refractivity contribution >= 4 is 29.9 Å². The van der Waals surface area contributed by atoms with Crippen molar-refractivity contribution < 1.29 is 9.47 Å². The molecule has 2 rings (SSSR count). The molecule has 1 aliphatic carbocycles. The van der Waals surface area contributed by atoms with Crippen LogP contribution in [0, 0.1) is 12.3 Å². The molecule has 2 unspecified atom stereocenters. The Labute approximate surface area is 192 Å². The van der Waals surface area contributed by atoms with Gasteiger partial charge in [-0.2, -0.15) is 0 Å². The lowest BCUT2D eigenvalue weighted by molar-refractivity contribution is -0.113. The minimum atomic E-state index is 0. The average molecular weight is 522 g/mol. The number of methoxy groups -OCH3 is 1. The first-order chi connectivity index (χ1) is 13.4. The first kappa shape index (κ1) is 26.1. The molecule has 0 saturated heterocycles. The van der Waals surface area contributed by atoms with Gasteiger partial charge in [0.2, 0.25) is 0 Å². The summed E-state index contributed by atoms with van der Waals surface area (Å²) in [5, 5.41) is 15.3. The van der Waals surface area contributed by atoms with Gasteiger partial charge in [-0.05, 0) is 26.2 Å². The van der Waals surface area contributed by atoms with E-state index in [0.29, 0.717) is 18.7 Å². The van der Waals surface area contributed by atoms with Crippen LogP contribution in [0.2, 0.25) is 0 Å². The highest BCUT2D eigenvalue weighted by atomic mass is 127. The highest BCUT2D eigenvalue weighted by molar-refractivity contribution is 14.0. The normalized spacial score (nSPS) is 20.7. The molecule has 1 heterocycles. The quantitative estimate of drug-likeness (QED) is 0.201. The van der Waals surface area contributed by atoms with Crippen molar-refractivity contribution in [3.63, 3.8) is 0 Å². The van der Waals surface area contributed by atoms with Crippen LogP contribution in [-0.2, 0) is 23.1 Å². The summed E-state index contributed by atoms with van der Waals surface area (Å²) in [5.41, 5.74) is 0.0735. The number of hydrogen-bond acceptors (Lipinski definition) is 5. The van der Waals surface area contributed by atoms with Gasteiger partial charge in [-0.15, -0.1) is 34.2 Å². The zero-order valence-corrected chi connectivity index (χ0v) is 21.2. The van der Waals surface area contributed by atoms with Crippen molar-refractivity contribution in [2.75, 3.05) is 26.9 Å². The molecule has 1 fully saturated rings. The van der Waals surface area contributed by atoms with E-state index in [1.807, 2.05) is 18.5 Å². The second kappa shape index (κ2) is 12.7. The third-order valence-electron chi connectivity index (χ3n) is 5.68. The highest BCUT2D eigenvalue weighted by Gasteiger charge is 2.49. The second-order valence-corrected chi connectivity index (χ2v) is 8.13. The van der Waals surface area contributed by atoms with Crippen LogP contribution in [0.1, 0.15) is 58.1 Å². The number of guanidine groups is 1. The molecule has 0 amide bonds. The topological polar surface area (TPSA) is 85.6 Å². The fraction of sp³-hybridized carbons (Fsp3) is 0.850. The molecule has 0 bridgehead atoms. The standard InChI is InChI=1S/C20H38N6O2.HI/c1-7-8-12-28-17-13-16(20(17,3)4)23-19(21-10-9-11-27-6)22-14-18-25-24-15(2)26(18)5;/h16-17H,7-14H2,1-6H3,(H2,21,22,23);1H. The van der Waals surface area contributed by atoms with Gasteiger partial charge in [-0.25, -0.2) is 4.99 Å². The number of nitrogens with zero attached hydrogens (tertiary/aromatic N) is 4. The minimum absolute atomic E-state index is 0. The molecule has 1 aromatic rings. The van der Waals surface area contributed by atoms with Crippen molar-refractivity contribution in [3.8, 4) is 0 Å². The predicted octanol–water partition coefficient (Wildman–Crippen LogP) is 2.80. The Bertz CT molecular complexity index is 634. The maximum atomic E-state index is 6.07. The molecule has 168 valence electrons. The van der Waals surface area contributed by atoms with Crippen LogP contribution in [0.4, 0.5) is 0 Å². The summed E-state index contributed by atoms with van der Waals surface area (Å²) < 4.78 is 13.2. The summed E-state index contributed by atoms with van der Waals surface area (Å²) in [5.74, 6) is 2.55. The number of halogens is 1. The van der Waals surface area contributed by atoms with Gasteiger partial charge >= 0.3 is 0 Å². The van der Waals surface area contributed by atoms with E-state index in [-0.39, 0.29) is 29.4 Å². The number of hydrogen-bond donors (Lipinski definition) is 2. The summed E-state index contributed by atoms with van der Waals surface area (Å²) in [4.78, 5) is 4.74. The van der Waals surface area contributed by atoms with Crippen LogP contribution in [0.5, 0.6) is 0 Å². The number of unbranched alkanes of at least 4 members (excludes halogenated alkanes) is 1. The molecule has 29 heavy (non-hydrogen) atoms. The SMILES string of the molecule is CCCCOC1CC(NC(=NCc2nnc(C)n2C)NCCCOC)C1(C)C.I. The Morgan fingerprint density at radius 3 is 2.62 bits per heavy atom. The van der Waals surface area contributed by atoms with E-state index in [9.17, 15) is 0 Å². The Morgan fingerprint density at radius 1 is 1.28 bits per heavy atom. The molecule has 1 aliphatic rings. The third kappa shape index (κ3) is 7.36. The summed E-state index contributed by atoms with van der Waals surface area (Å²) in [6.45, 7) is 11.5. The second-order valence-electron chi connectivity index (χ2n) is 8.13. The van der Waals surface area contributed by atoms with Crippen molar-refractivity contribution in [1.82, 2.24) is 25.4 Å². The summed E-state index contributed by atoms with van der Waals surface area (Å²) in [6, 6.07) is 0.328. The van der Waals surface area contributed by atoms with Gasteiger partial charge in [0.25, 0.3) is 0 Å². The lowest BCUT2D eigenvalue weighted by Crippen LogP contribution is -2.63. The van der Waals surface area contributed by atoms with E-state index in [4.69, 9.17) is 14.5 Å². The molecule has 1 saturated carbocycles. The molecule has 2 atom stereocenters. The first-order valence-electron chi connectivity index (χ1n) is 10.4. The van der Waals surface area contributed by atoms with Crippen molar-refractivity contribution in [2.24, 2.45) is 17.5 Å². The number of ether oxygens (including phenoxy) is 2. The van der Waals surface area contributed by atoms with E-state index >= 15 is 0 Å². The lowest BCUT2D eigenvalue weighted by Gasteiger charge is -2.52. The van der Waals surface area contributed by atoms with Crippen LogP contribution in [0.15, 0.2) is 4.99 Å². The lowest BCUT2D eigenvalue weighted by atomic mass is 9.64. The largest absolute Gasteiger partial charge is 0.385 e. The molecule has 2 N–H and O–H groups in total. The fourth-order valence-corrected chi connectivity index (χ4v) is 3.26. The summed E-state index contributed by atoms with van der Waals surface area (Å²) in [6.07, 6.45) is 4.51. The van der Waals surface area contributed by atoms with E-state index in [0.717, 1.165) is 56.6 Å². The van der Waals surface area contributed by atoms with Crippen LogP contribution in [-0.4, -0.2) is 59.7 Å². The van der Waals surface area contributed by atoms with E-state index < -0.39 is 0 Å². The Balaban J connectivity index is 0.00000420. The minimum Gasteiger partial charge on any atom is -0.385 e. The third-order valence-corrected chi connectivity index (χ3v) is 5.68. The first-order valence-corrected chi connectivity index (χ1v) is 10.4. The van der Waals surface area contributed by atoms with Crippen molar-refractivity contribution in [3.05, 3.63) is 11.6 Å². The van der Waals surface area contributed by atoms with E-state index in [1.54, 1.807) is 7.11 Å². The Morgan fingerprint density at radius 2 is 2.03 bits per heavy atom. The van der Waals surface area contributed by atoms with Crippen LogP contribution in [0.3, 0.4) is 0 Å². The van der Waals surface area contributed by atoms with E-state index in [1.165, 1.54) is 6.42 Å². The Hall–Kier alpha value is -0.940. The molecular formula is C20H39IN6O2. The summed E-state index contributed by atoms with van der Waals surface area (Å²) >= 11 is 0. The number of aromatic nitrogens is 3.